The number of amidine groups is 1. The number of methoxy groups -OCH3 is 2. The van der Waals surface area contributed by atoms with Gasteiger partial charge in [-0.15, -0.1) is 0 Å². The first-order chi connectivity index (χ1) is 15.4. The predicted octanol–water partition coefficient (Wildman–Crippen LogP) is 3.88. The Kier molecular flexibility index (Phi) is 7.77. The molecule has 0 saturated carbocycles. The van der Waals surface area contributed by atoms with Crippen LogP contribution in [0.2, 0.25) is 0 Å². The number of benzene rings is 2. The standard InChI is InChI=1S/C23H24N2O6S/c1-5-30-19-12-15(6-11-18(19)31-14-21(26)29-4)13-20-22(27)25(2)23(32-20)24-16-7-9-17(28-3)10-8-16/h6-13H,5,14H2,1-4H3/b20-13+,24-23?. The summed E-state index contributed by atoms with van der Waals surface area (Å²) in [4.78, 5) is 30.7. The number of ether oxygens (including phenoxy) is 4. The summed E-state index contributed by atoms with van der Waals surface area (Å²) in [6.07, 6.45) is 1.77. The lowest BCUT2D eigenvalue weighted by Crippen LogP contribution is -2.23. The average Bonchev–Trinajstić information content (AvgIpc) is 3.06. The molecule has 2 aromatic carbocycles. The van der Waals surface area contributed by atoms with Gasteiger partial charge in [-0.25, -0.2) is 9.79 Å². The molecule has 0 spiro atoms. The molecule has 9 heteroatoms. The molecule has 2 aromatic rings. The fourth-order valence-electron chi connectivity index (χ4n) is 2.77. The lowest BCUT2D eigenvalue weighted by Gasteiger charge is -2.12. The minimum atomic E-state index is -0.488. The highest BCUT2D eigenvalue weighted by Gasteiger charge is 2.30. The molecule has 168 valence electrons. The highest BCUT2D eigenvalue weighted by Crippen LogP contribution is 2.35. The van der Waals surface area contributed by atoms with E-state index >= 15 is 0 Å². The molecule has 0 unspecified atom stereocenters. The second kappa shape index (κ2) is 10.7. The summed E-state index contributed by atoms with van der Waals surface area (Å²) in [5.41, 5.74) is 1.48. The monoisotopic (exact) mass is 456 g/mol. The lowest BCUT2D eigenvalue weighted by atomic mass is 10.2. The van der Waals surface area contributed by atoms with E-state index in [4.69, 9.17) is 14.2 Å². The van der Waals surface area contributed by atoms with Crippen molar-refractivity contribution in [2.75, 3.05) is 34.5 Å². The minimum absolute atomic E-state index is 0.147. The van der Waals surface area contributed by atoms with Crippen LogP contribution in [0.3, 0.4) is 0 Å². The van der Waals surface area contributed by atoms with Crippen LogP contribution < -0.4 is 14.2 Å². The number of likely N-dealkylation sites (N-methyl/N-ethyl adjacent to an activating group) is 1. The SMILES string of the molecule is CCOc1cc(/C=C2/SC(=Nc3ccc(OC)cc3)N(C)C2=O)ccc1OCC(=O)OC. The number of hydrogen-bond donors (Lipinski definition) is 0. The Morgan fingerprint density at radius 2 is 1.84 bits per heavy atom. The number of aliphatic imine (C=N–C) groups is 1. The van der Waals surface area contributed by atoms with Crippen LogP contribution in [-0.4, -0.2) is 56.4 Å². The quantitative estimate of drug-likeness (QED) is 0.440. The van der Waals surface area contributed by atoms with Crippen LogP contribution in [-0.2, 0) is 14.3 Å². The zero-order valence-electron chi connectivity index (χ0n) is 18.3. The first kappa shape index (κ1) is 23.2. The maximum Gasteiger partial charge on any atom is 0.343 e. The van der Waals surface area contributed by atoms with E-state index in [1.807, 2.05) is 31.2 Å². The van der Waals surface area contributed by atoms with Gasteiger partial charge in [-0.1, -0.05) is 6.07 Å². The molecule has 1 fully saturated rings. The normalized spacial score (nSPS) is 15.9. The number of rotatable bonds is 8. The molecule has 0 bridgehead atoms. The number of esters is 1. The topological polar surface area (TPSA) is 86.7 Å². The first-order valence-corrected chi connectivity index (χ1v) is 10.6. The number of nitrogens with zero attached hydrogens (tertiary/aromatic N) is 2. The zero-order valence-corrected chi connectivity index (χ0v) is 19.1. The van der Waals surface area contributed by atoms with Crippen molar-refractivity contribution < 1.29 is 28.5 Å². The predicted molar refractivity (Wildman–Crippen MR) is 124 cm³/mol. The van der Waals surface area contributed by atoms with Crippen molar-refractivity contribution >= 4 is 40.6 Å². The van der Waals surface area contributed by atoms with Crippen LogP contribution in [0.25, 0.3) is 6.08 Å². The highest BCUT2D eigenvalue weighted by atomic mass is 32.2. The third-order valence-electron chi connectivity index (χ3n) is 4.44. The van der Waals surface area contributed by atoms with Gasteiger partial charge in [-0.3, -0.25) is 9.69 Å². The van der Waals surface area contributed by atoms with Gasteiger partial charge in [0.15, 0.2) is 23.3 Å². The van der Waals surface area contributed by atoms with E-state index in [0.29, 0.717) is 28.2 Å². The fraction of sp³-hybridized carbons (Fsp3) is 0.261. The van der Waals surface area contributed by atoms with Gasteiger partial charge in [0, 0.05) is 7.05 Å². The average molecular weight is 457 g/mol. The van der Waals surface area contributed by atoms with Gasteiger partial charge in [-0.05, 0) is 66.7 Å². The molecular weight excluding hydrogens is 432 g/mol. The van der Waals surface area contributed by atoms with Crippen molar-refractivity contribution in [3.63, 3.8) is 0 Å². The molecule has 1 aliphatic rings. The smallest absolute Gasteiger partial charge is 0.343 e. The number of thioether (sulfide) groups is 1. The van der Waals surface area contributed by atoms with E-state index in [-0.39, 0.29) is 12.5 Å². The van der Waals surface area contributed by atoms with Gasteiger partial charge in [-0.2, -0.15) is 0 Å². The molecule has 32 heavy (non-hydrogen) atoms. The van der Waals surface area contributed by atoms with E-state index < -0.39 is 5.97 Å². The molecule has 1 heterocycles. The summed E-state index contributed by atoms with van der Waals surface area (Å²) in [5.74, 6) is 0.997. The van der Waals surface area contributed by atoms with Crippen LogP contribution in [0.1, 0.15) is 12.5 Å². The summed E-state index contributed by atoms with van der Waals surface area (Å²) >= 11 is 1.29. The fourth-order valence-corrected chi connectivity index (χ4v) is 3.75. The third-order valence-corrected chi connectivity index (χ3v) is 5.50. The van der Waals surface area contributed by atoms with Crippen LogP contribution in [0, 0.1) is 0 Å². The van der Waals surface area contributed by atoms with Gasteiger partial charge >= 0.3 is 5.97 Å². The first-order valence-electron chi connectivity index (χ1n) is 9.82. The van der Waals surface area contributed by atoms with Crippen molar-refractivity contribution in [2.24, 2.45) is 4.99 Å². The van der Waals surface area contributed by atoms with Crippen LogP contribution >= 0.6 is 11.8 Å². The minimum Gasteiger partial charge on any atom is -0.497 e. The number of carbonyl (C=O) groups is 2. The number of carbonyl (C=O) groups excluding carboxylic acids is 2. The largest absolute Gasteiger partial charge is 0.497 e. The van der Waals surface area contributed by atoms with Crippen molar-refractivity contribution in [3.05, 3.63) is 52.9 Å². The summed E-state index contributed by atoms with van der Waals surface area (Å²) in [6, 6.07) is 12.5. The van der Waals surface area contributed by atoms with Crippen molar-refractivity contribution in [3.8, 4) is 17.2 Å². The Bertz CT molecular complexity index is 1050. The van der Waals surface area contributed by atoms with Gasteiger partial charge in [0.1, 0.15) is 5.75 Å². The summed E-state index contributed by atoms with van der Waals surface area (Å²) < 4.78 is 20.9. The molecule has 3 rings (SSSR count). The van der Waals surface area contributed by atoms with Crippen molar-refractivity contribution in [2.45, 2.75) is 6.92 Å². The Morgan fingerprint density at radius 1 is 1.09 bits per heavy atom. The molecule has 0 atom stereocenters. The molecule has 8 nitrogen and oxygen atoms in total. The van der Waals surface area contributed by atoms with Crippen LogP contribution in [0.15, 0.2) is 52.4 Å². The van der Waals surface area contributed by atoms with Gasteiger partial charge in [0.2, 0.25) is 0 Å². The Morgan fingerprint density at radius 3 is 2.50 bits per heavy atom. The van der Waals surface area contributed by atoms with E-state index in [1.165, 1.54) is 23.8 Å². The number of amides is 1. The Hall–Kier alpha value is -3.46. The van der Waals surface area contributed by atoms with E-state index in [1.54, 1.807) is 38.4 Å². The van der Waals surface area contributed by atoms with Crippen LogP contribution in [0.4, 0.5) is 5.69 Å². The Balaban J connectivity index is 1.82. The molecule has 0 aromatic heterocycles. The second-order valence-electron chi connectivity index (χ2n) is 6.57. The van der Waals surface area contributed by atoms with Crippen LogP contribution in [0.5, 0.6) is 17.2 Å². The summed E-state index contributed by atoms with van der Waals surface area (Å²) in [7, 11) is 4.59. The molecule has 0 aliphatic carbocycles. The van der Waals surface area contributed by atoms with Crippen molar-refractivity contribution in [1.29, 1.82) is 0 Å². The van der Waals surface area contributed by atoms with Crippen molar-refractivity contribution in [1.82, 2.24) is 4.90 Å². The molecule has 0 N–H and O–H groups in total. The summed E-state index contributed by atoms with van der Waals surface area (Å²) in [5, 5.41) is 0.578. The Labute approximate surface area is 190 Å². The van der Waals surface area contributed by atoms with E-state index in [0.717, 1.165) is 17.0 Å². The van der Waals surface area contributed by atoms with E-state index in [9.17, 15) is 9.59 Å². The second-order valence-corrected chi connectivity index (χ2v) is 7.58. The molecule has 1 amide bonds. The highest BCUT2D eigenvalue weighted by molar-refractivity contribution is 8.18. The summed E-state index contributed by atoms with van der Waals surface area (Å²) in [6.45, 7) is 2.05. The van der Waals surface area contributed by atoms with Gasteiger partial charge in [0.05, 0.1) is 31.4 Å². The third kappa shape index (κ3) is 5.61. The molecule has 1 aliphatic heterocycles. The zero-order chi connectivity index (χ0) is 23.1. The molecule has 1 saturated heterocycles. The van der Waals surface area contributed by atoms with Gasteiger partial charge in [0.25, 0.3) is 5.91 Å². The lowest BCUT2D eigenvalue weighted by molar-refractivity contribution is -0.142. The molecular formula is C23H24N2O6S. The van der Waals surface area contributed by atoms with Gasteiger partial charge < -0.3 is 18.9 Å². The molecule has 0 radical (unpaired) electrons. The number of hydrogen-bond acceptors (Lipinski definition) is 8. The maximum atomic E-state index is 12.7. The maximum absolute atomic E-state index is 12.7. The van der Waals surface area contributed by atoms with E-state index in [2.05, 4.69) is 9.73 Å².